The van der Waals surface area contributed by atoms with Gasteiger partial charge in [0.2, 0.25) is 0 Å². The number of ether oxygens (including phenoxy) is 2. The van der Waals surface area contributed by atoms with Gasteiger partial charge in [-0.3, -0.25) is 0 Å². The van der Waals surface area contributed by atoms with Crippen LogP contribution in [0.1, 0.15) is 29.7 Å². The summed E-state index contributed by atoms with van der Waals surface area (Å²) in [5.74, 6) is 1.63. The first-order chi connectivity index (χ1) is 10.8. The molecule has 4 nitrogen and oxygen atoms in total. The molecule has 3 rings (SSSR count). The number of nitrogens with one attached hydrogen (secondary N) is 1. The molecule has 0 fully saturated rings. The van der Waals surface area contributed by atoms with E-state index >= 15 is 0 Å². The quantitative estimate of drug-likeness (QED) is 0.891. The third-order valence-electron chi connectivity index (χ3n) is 3.95. The van der Waals surface area contributed by atoms with Gasteiger partial charge in [0.1, 0.15) is 13.2 Å². The summed E-state index contributed by atoms with van der Waals surface area (Å²) in [7, 11) is 0. The molecule has 0 saturated heterocycles. The Morgan fingerprint density at radius 2 is 1.77 bits per heavy atom. The maximum absolute atomic E-state index is 9.37. The molecule has 116 valence electrons. The highest BCUT2D eigenvalue weighted by Crippen LogP contribution is 2.32. The van der Waals surface area contributed by atoms with E-state index in [9.17, 15) is 5.11 Å². The molecule has 0 aromatic heterocycles. The first-order valence-electron chi connectivity index (χ1n) is 7.58. The second-order valence-corrected chi connectivity index (χ2v) is 5.43. The molecule has 1 atom stereocenters. The van der Waals surface area contributed by atoms with E-state index in [1.165, 1.54) is 0 Å². The summed E-state index contributed by atoms with van der Waals surface area (Å²) in [5.41, 5.74) is 3.24. The van der Waals surface area contributed by atoms with E-state index in [1.807, 2.05) is 36.4 Å². The van der Waals surface area contributed by atoms with E-state index in [4.69, 9.17) is 9.47 Å². The van der Waals surface area contributed by atoms with Crippen molar-refractivity contribution in [2.24, 2.45) is 0 Å². The van der Waals surface area contributed by atoms with Crippen molar-refractivity contribution in [3.05, 3.63) is 59.2 Å². The van der Waals surface area contributed by atoms with Gasteiger partial charge in [0.05, 0.1) is 6.61 Å². The smallest absolute Gasteiger partial charge is 0.161 e. The zero-order valence-corrected chi connectivity index (χ0v) is 12.7. The molecule has 2 aromatic rings. The summed E-state index contributed by atoms with van der Waals surface area (Å²) in [4.78, 5) is 0. The van der Waals surface area contributed by atoms with Gasteiger partial charge in [-0.15, -0.1) is 0 Å². The molecule has 0 aliphatic carbocycles. The van der Waals surface area contributed by atoms with Gasteiger partial charge in [-0.1, -0.05) is 30.3 Å². The molecule has 4 heteroatoms. The molecule has 0 spiro atoms. The average molecular weight is 299 g/mol. The lowest BCUT2D eigenvalue weighted by atomic mass is 10.1. The SMILES string of the molecule is CC(NCc1ccccc1CO)c1ccc2c(c1)OCCO2. The molecule has 0 saturated carbocycles. The summed E-state index contributed by atoms with van der Waals surface area (Å²) < 4.78 is 11.2. The Labute approximate surface area is 130 Å². The van der Waals surface area contributed by atoms with E-state index in [0.29, 0.717) is 19.8 Å². The molecule has 1 aliphatic heterocycles. The maximum atomic E-state index is 9.37. The van der Waals surface area contributed by atoms with Crippen LogP contribution in [0.2, 0.25) is 0 Å². The van der Waals surface area contributed by atoms with Gasteiger partial charge < -0.3 is 19.9 Å². The first kappa shape index (κ1) is 14.9. The van der Waals surface area contributed by atoms with Gasteiger partial charge >= 0.3 is 0 Å². The van der Waals surface area contributed by atoms with Gasteiger partial charge in [-0.25, -0.2) is 0 Å². The minimum absolute atomic E-state index is 0.0657. The van der Waals surface area contributed by atoms with Crippen molar-refractivity contribution in [2.45, 2.75) is 26.1 Å². The number of benzene rings is 2. The number of hydrogen-bond acceptors (Lipinski definition) is 4. The lowest BCUT2D eigenvalue weighted by molar-refractivity contribution is 0.171. The Morgan fingerprint density at radius 3 is 2.55 bits per heavy atom. The fraction of sp³-hybridized carbons (Fsp3) is 0.333. The maximum Gasteiger partial charge on any atom is 0.161 e. The van der Waals surface area contributed by atoms with Crippen molar-refractivity contribution in [1.29, 1.82) is 0 Å². The molecule has 22 heavy (non-hydrogen) atoms. The van der Waals surface area contributed by atoms with Crippen LogP contribution in [0.3, 0.4) is 0 Å². The van der Waals surface area contributed by atoms with Crippen molar-refractivity contribution in [3.63, 3.8) is 0 Å². The highest BCUT2D eigenvalue weighted by Gasteiger charge is 2.14. The van der Waals surface area contributed by atoms with Gasteiger partial charge in [-0.2, -0.15) is 0 Å². The zero-order chi connectivity index (χ0) is 15.4. The van der Waals surface area contributed by atoms with Crippen LogP contribution in [0.25, 0.3) is 0 Å². The number of aliphatic hydroxyl groups is 1. The monoisotopic (exact) mass is 299 g/mol. The van der Waals surface area contributed by atoms with E-state index in [-0.39, 0.29) is 12.6 Å². The van der Waals surface area contributed by atoms with Crippen molar-refractivity contribution in [1.82, 2.24) is 5.32 Å². The summed E-state index contributed by atoms with van der Waals surface area (Å²) in [5, 5.41) is 12.9. The van der Waals surface area contributed by atoms with Gasteiger partial charge in [0, 0.05) is 12.6 Å². The van der Waals surface area contributed by atoms with E-state index in [2.05, 4.69) is 18.3 Å². The van der Waals surface area contributed by atoms with E-state index in [0.717, 1.165) is 28.2 Å². The number of aliphatic hydroxyl groups excluding tert-OH is 1. The fourth-order valence-corrected chi connectivity index (χ4v) is 2.59. The molecular formula is C18H21NO3. The zero-order valence-electron chi connectivity index (χ0n) is 12.7. The highest BCUT2D eigenvalue weighted by molar-refractivity contribution is 5.44. The van der Waals surface area contributed by atoms with Crippen LogP contribution in [-0.2, 0) is 13.2 Å². The third-order valence-corrected chi connectivity index (χ3v) is 3.95. The van der Waals surface area contributed by atoms with Crippen LogP contribution < -0.4 is 14.8 Å². The van der Waals surface area contributed by atoms with Crippen molar-refractivity contribution < 1.29 is 14.6 Å². The molecule has 1 aliphatic rings. The van der Waals surface area contributed by atoms with Gasteiger partial charge in [0.15, 0.2) is 11.5 Å². The van der Waals surface area contributed by atoms with Gasteiger partial charge in [-0.05, 0) is 35.7 Å². The molecule has 0 amide bonds. The summed E-state index contributed by atoms with van der Waals surface area (Å²) in [6.07, 6.45) is 0. The lowest BCUT2D eigenvalue weighted by Crippen LogP contribution is -2.20. The van der Waals surface area contributed by atoms with E-state index < -0.39 is 0 Å². The Morgan fingerprint density at radius 1 is 1.05 bits per heavy atom. The van der Waals surface area contributed by atoms with Crippen molar-refractivity contribution in [3.8, 4) is 11.5 Å². The Kier molecular flexibility index (Phi) is 4.61. The first-order valence-corrected chi connectivity index (χ1v) is 7.58. The Balaban J connectivity index is 1.68. The highest BCUT2D eigenvalue weighted by atomic mass is 16.6. The molecule has 0 radical (unpaired) electrons. The topological polar surface area (TPSA) is 50.7 Å². The van der Waals surface area contributed by atoms with Crippen molar-refractivity contribution in [2.75, 3.05) is 13.2 Å². The van der Waals surface area contributed by atoms with Crippen LogP contribution in [0.15, 0.2) is 42.5 Å². The predicted molar refractivity (Wildman–Crippen MR) is 85.1 cm³/mol. The van der Waals surface area contributed by atoms with E-state index in [1.54, 1.807) is 0 Å². The second-order valence-electron chi connectivity index (χ2n) is 5.43. The van der Waals surface area contributed by atoms with Crippen LogP contribution in [0.4, 0.5) is 0 Å². The minimum atomic E-state index is 0.0657. The summed E-state index contributed by atoms with van der Waals surface area (Å²) in [6, 6.07) is 14.2. The summed E-state index contributed by atoms with van der Waals surface area (Å²) in [6.45, 7) is 4.11. The fourth-order valence-electron chi connectivity index (χ4n) is 2.59. The predicted octanol–water partition coefficient (Wildman–Crippen LogP) is 2.80. The molecule has 2 N–H and O–H groups in total. The molecule has 1 heterocycles. The number of rotatable bonds is 5. The van der Waals surface area contributed by atoms with Crippen LogP contribution in [0.5, 0.6) is 11.5 Å². The molecular weight excluding hydrogens is 278 g/mol. The standard InChI is InChI=1S/C18H21NO3/c1-13(19-11-15-4-2-3-5-16(15)12-20)14-6-7-17-18(10-14)22-9-8-21-17/h2-7,10,13,19-20H,8-9,11-12H2,1H3. The second kappa shape index (κ2) is 6.81. The number of hydrogen-bond donors (Lipinski definition) is 2. The third kappa shape index (κ3) is 3.24. The number of fused-ring (bicyclic) bond motifs is 1. The average Bonchev–Trinajstić information content (AvgIpc) is 2.59. The molecule has 2 aromatic carbocycles. The normalized spacial score (nSPS) is 14.6. The Bertz CT molecular complexity index is 642. The lowest BCUT2D eigenvalue weighted by Gasteiger charge is -2.21. The van der Waals surface area contributed by atoms with Crippen molar-refractivity contribution >= 4 is 0 Å². The van der Waals surface area contributed by atoms with Gasteiger partial charge in [0.25, 0.3) is 0 Å². The Hall–Kier alpha value is -2.04. The largest absolute Gasteiger partial charge is 0.486 e. The minimum Gasteiger partial charge on any atom is -0.486 e. The summed E-state index contributed by atoms with van der Waals surface area (Å²) >= 11 is 0. The van der Waals surface area contributed by atoms with Crippen LogP contribution in [0, 0.1) is 0 Å². The molecule has 1 unspecified atom stereocenters. The molecule has 0 bridgehead atoms. The van der Waals surface area contributed by atoms with Crippen LogP contribution in [-0.4, -0.2) is 18.3 Å². The van der Waals surface area contributed by atoms with Crippen LogP contribution >= 0.6 is 0 Å².